The lowest BCUT2D eigenvalue weighted by molar-refractivity contribution is 0.277. The van der Waals surface area contributed by atoms with E-state index in [4.69, 9.17) is 4.42 Å². The van der Waals surface area contributed by atoms with E-state index in [9.17, 15) is 5.11 Å². The number of nitrogens with zero attached hydrogens (tertiary/aromatic N) is 1. The van der Waals surface area contributed by atoms with Gasteiger partial charge in [-0.2, -0.15) is 0 Å². The Kier molecular flexibility index (Phi) is 3.63. The highest BCUT2D eigenvalue weighted by Crippen LogP contribution is 2.34. The van der Waals surface area contributed by atoms with Gasteiger partial charge in [-0.05, 0) is 35.7 Å². The number of benzene rings is 2. The zero-order valence-corrected chi connectivity index (χ0v) is 13.4. The molecular formula is C21H17NO2. The molecule has 1 N–H and O–H groups in total. The standard InChI is InChI=1S/C21H17NO2/c1-14-17(15-6-3-2-4-7-15)8-5-9-18(14)21-12-19-20(24-21)11-10-16(13-23)22-19/h2-12,23H,13H2,1H3. The van der Waals surface area contributed by atoms with Crippen molar-refractivity contribution in [3.63, 3.8) is 0 Å². The molecule has 0 aliphatic heterocycles. The number of aliphatic hydroxyl groups excluding tert-OH is 1. The highest BCUT2D eigenvalue weighted by atomic mass is 16.3. The molecule has 24 heavy (non-hydrogen) atoms. The van der Waals surface area contributed by atoms with Crippen molar-refractivity contribution >= 4 is 11.1 Å². The lowest BCUT2D eigenvalue weighted by atomic mass is 9.95. The van der Waals surface area contributed by atoms with Crippen molar-refractivity contribution in [3.8, 4) is 22.5 Å². The number of hydrogen-bond acceptors (Lipinski definition) is 3. The van der Waals surface area contributed by atoms with Gasteiger partial charge in [-0.1, -0.05) is 48.5 Å². The van der Waals surface area contributed by atoms with Crippen LogP contribution in [-0.2, 0) is 6.61 Å². The number of pyridine rings is 1. The molecule has 0 amide bonds. The smallest absolute Gasteiger partial charge is 0.153 e. The quantitative estimate of drug-likeness (QED) is 0.581. The number of aromatic nitrogens is 1. The van der Waals surface area contributed by atoms with Gasteiger partial charge in [0.05, 0.1) is 12.3 Å². The van der Waals surface area contributed by atoms with Gasteiger partial charge in [0.25, 0.3) is 0 Å². The summed E-state index contributed by atoms with van der Waals surface area (Å²) in [4.78, 5) is 4.41. The molecule has 0 saturated heterocycles. The molecule has 0 aliphatic rings. The van der Waals surface area contributed by atoms with E-state index in [1.165, 1.54) is 16.7 Å². The highest BCUT2D eigenvalue weighted by Gasteiger charge is 2.13. The minimum atomic E-state index is -0.0705. The Morgan fingerprint density at radius 1 is 0.917 bits per heavy atom. The van der Waals surface area contributed by atoms with Crippen LogP contribution in [0.1, 0.15) is 11.3 Å². The Bertz CT molecular complexity index is 1000. The van der Waals surface area contributed by atoms with Crippen LogP contribution in [0.25, 0.3) is 33.6 Å². The molecule has 0 fully saturated rings. The maximum atomic E-state index is 9.23. The lowest BCUT2D eigenvalue weighted by Crippen LogP contribution is -1.87. The van der Waals surface area contributed by atoms with Gasteiger partial charge in [0.15, 0.2) is 5.58 Å². The van der Waals surface area contributed by atoms with Crippen LogP contribution in [0, 0.1) is 6.92 Å². The van der Waals surface area contributed by atoms with E-state index in [0.717, 1.165) is 22.4 Å². The fourth-order valence-electron chi connectivity index (χ4n) is 3.02. The monoisotopic (exact) mass is 315 g/mol. The second kappa shape index (κ2) is 5.95. The van der Waals surface area contributed by atoms with E-state index >= 15 is 0 Å². The summed E-state index contributed by atoms with van der Waals surface area (Å²) in [7, 11) is 0. The average molecular weight is 315 g/mol. The Labute approximate surface area is 140 Å². The first kappa shape index (κ1) is 14.7. The molecule has 0 spiro atoms. The molecule has 2 aromatic heterocycles. The lowest BCUT2D eigenvalue weighted by Gasteiger charge is -2.09. The van der Waals surface area contributed by atoms with Crippen molar-refractivity contribution in [3.05, 3.63) is 78.0 Å². The second-order valence-electron chi connectivity index (χ2n) is 5.80. The molecule has 2 aromatic carbocycles. The zero-order chi connectivity index (χ0) is 16.5. The minimum absolute atomic E-state index is 0.0705. The van der Waals surface area contributed by atoms with E-state index in [-0.39, 0.29) is 6.61 Å². The van der Waals surface area contributed by atoms with Crippen LogP contribution in [-0.4, -0.2) is 10.1 Å². The van der Waals surface area contributed by atoms with Gasteiger partial charge in [0, 0.05) is 11.6 Å². The number of hydrogen-bond donors (Lipinski definition) is 1. The van der Waals surface area contributed by atoms with Gasteiger partial charge in [0.2, 0.25) is 0 Å². The van der Waals surface area contributed by atoms with Crippen molar-refractivity contribution in [2.24, 2.45) is 0 Å². The summed E-state index contributed by atoms with van der Waals surface area (Å²) in [5, 5.41) is 9.23. The van der Waals surface area contributed by atoms with Crippen LogP contribution in [0.5, 0.6) is 0 Å². The van der Waals surface area contributed by atoms with Crippen LogP contribution in [0.2, 0.25) is 0 Å². The third-order valence-corrected chi connectivity index (χ3v) is 4.28. The summed E-state index contributed by atoms with van der Waals surface area (Å²) in [6.45, 7) is 2.04. The average Bonchev–Trinajstić information content (AvgIpc) is 3.05. The Hall–Kier alpha value is -2.91. The molecule has 3 nitrogen and oxygen atoms in total. The van der Waals surface area contributed by atoms with Crippen LogP contribution < -0.4 is 0 Å². The maximum Gasteiger partial charge on any atom is 0.153 e. The fourth-order valence-corrected chi connectivity index (χ4v) is 3.02. The van der Waals surface area contributed by atoms with E-state index in [1.54, 1.807) is 6.07 Å². The largest absolute Gasteiger partial charge is 0.454 e. The van der Waals surface area contributed by atoms with Gasteiger partial charge in [-0.25, -0.2) is 4.98 Å². The molecule has 0 unspecified atom stereocenters. The molecule has 3 heteroatoms. The summed E-state index contributed by atoms with van der Waals surface area (Å²) in [5.41, 5.74) is 6.74. The molecule has 0 atom stereocenters. The van der Waals surface area contributed by atoms with Gasteiger partial charge in [-0.3, -0.25) is 0 Å². The number of aliphatic hydroxyl groups is 1. The molecular weight excluding hydrogens is 298 g/mol. The first-order valence-corrected chi connectivity index (χ1v) is 7.92. The van der Waals surface area contributed by atoms with Crippen LogP contribution >= 0.6 is 0 Å². The first-order valence-electron chi connectivity index (χ1n) is 7.92. The Balaban J connectivity index is 1.85. The molecule has 4 rings (SSSR count). The molecule has 0 aliphatic carbocycles. The minimum Gasteiger partial charge on any atom is -0.454 e. The molecule has 0 radical (unpaired) electrons. The Morgan fingerprint density at radius 2 is 1.71 bits per heavy atom. The second-order valence-corrected chi connectivity index (χ2v) is 5.80. The highest BCUT2D eigenvalue weighted by molar-refractivity contribution is 5.83. The molecule has 118 valence electrons. The van der Waals surface area contributed by atoms with Crippen LogP contribution in [0.4, 0.5) is 0 Å². The molecule has 4 aromatic rings. The van der Waals surface area contributed by atoms with E-state index in [0.29, 0.717) is 5.69 Å². The zero-order valence-electron chi connectivity index (χ0n) is 13.4. The van der Waals surface area contributed by atoms with E-state index < -0.39 is 0 Å². The molecule has 0 saturated carbocycles. The van der Waals surface area contributed by atoms with Gasteiger partial charge in [-0.15, -0.1) is 0 Å². The third kappa shape index (κ3) is 2.49. The Morgan fingerprint density at radius 3 is 2.50 bits per heavy atom. The third-order valence-electron chi connectivity index (χ3n) is 4.28. The first-order chi connectivity index (χ1) is 11.8. The predicted molar refractivity (Wildman–Crippen MR) is 95.5 cm³/mol. The van der Waals surface area contributed by atoms with Crippen LogP contribution in [0.3, 0.4) is 0 Å². The molecule has 2 heterocycles. The topological polar surface area (TPSA) is 46.3 Å². The van der Waals surface area contributed by atoms with Crippen molar-refractivity contribution in [1.82, 2.24) is 4.98 Å². The summed E-state index contributed by atoms with van der Waals surface area (Å²) in [5.74, 6) is 0.794. The van der Waals surface area contributed by atoms with Crippen molar-refractivity contribution in [1.29, 1.82) is 0 Å². The summed E-state index contributed by atoms with van der Waals surface area (Å²) >= 11 is 0. The number of rotatable bonds is 3. The van der Waals surface area contributed by atoms with Crippen molar-refractivity contribution in [2.45, 2.75) is 13.5 Å². The van der Waals surface area contributed by atoms with Crippen molar-refractivity contribution < 1.29 is 9.52 Å². The van der Waals surface area contributed by atoms with Gasteiger partial charge < -0.3 is 9.52 Å². The summed E-state index contributed by atoms with van der Waals surface area (Å²) in [6, 6.07) is 22.1. The normalized spacial score (nSPS) is 11.1. The summed E-state index contributed by atoms with van der Waals surface area (Å²) in [6.07, 6.45) is 0. The van der Waals surface area contributed by atoms with Gasteiger partial charge in [0.1, 0.15) is 11.3 Å². The summed E-state index contributed by atoms with van der Waals surface area (Å²) < 4.78 is 5.98. The van der Waals surface area contributed by atoms with Crippen molar-refractivity contribution in [2.75, 3.05) is 0 Å². The maximum absolute atomic E-state index is 9.23. The fraction of sp³-hybridized carbons (Fsp3) is 0.0952. The van der Waals surface area contributed by atoms with E-state index in [1.807, 2.05) is 36.4 Å². The predicted octanol–water partition coefficient (Wildman–Crippen LogP) is 4.96. The van der Waals surface area contributed by atoms with Crippen LogP contribution in [0.15, 0.2) is 71.1 Å². The number of furan rings is 1. The molecule has 0 bridgehead atoms. The SMILES string of the molecule is Cc1c(-c2ccccc2)cccc1-c1cc2nc(CO)ccc2o1. The van der Waals surface area contributed by atoms with Gasteiger partial charge >= 0.3 is 0 Å². The van der Waals surface area contributed by atoms with E-state index in [2.05, 4.69) is 36.2 Å². The number of fused-ring (bicyclic) bond motifs is 1.